The number of hydrogen-bond acceptors (Lipinski definition) is 2. The number of hydrogen-bond donors (Lipinski definition) is 1. The molecule has 1 saturated carbocycles. The molecule has 1 amide bonds. The number of para-hydroxylation sites is 1. The van der Waals surface area contributed by atoms with E-state index in [2.05, 4.69) is 41.4 Å². The van der Waals surface area contributed by atoms with Crippen LogP contribution < -0.4 is 5.32 Å². The molecule has 2 aliphatic rings. The number of benzene rings is 1. The highest BCUT2D eigenvalue weighted by molar-refractivity contribution is 5.75. The van der Waals surface area contributed by atoms with Crippen molar-refractivity contribution in [3.05, 3.63) is 29.8 Å². The number of nitrogens with one attached hydrogen (secondary N) is 1. The fraction of sp³-hybridized carbons (Fsp3) is 0.533. The summed E-state index contributed by atoms with van der Waals surface area (Å²) in [4.78, 5) is 14.1. The second kappa shape index (κ2) is 4.30. The number of carbonyl (C=O) groups excluding carboxylic acids is 1. The first kappa shape index (κ1) is 11.6. The van der Waals surface area contributed by atoms with Gasteiger partial charge in [-0.3, -0.25) is 4.79 Å². The maximum Gasteiger partial charge on any atom is 0.220 e. The lowest BCUT2D eigenvalue weighted by atomic mass is 9.92. The average Bonchev–Trinajstić information content (AvgIpc) is 3.13. The van der Waals surface area contributed by atoms with Gasteiger partial charge in [0.15, 0.2) is 0 Å². The van der Waals surface area contributed by atoms with Gasteiger partial charge in [0.25, 0.3) is 0 Å². The Morgan fingerprint density at radius 2 is 2.06 bits per heavy atom. The van der Waals surface area contributed by atoms with Crippen LogP contribution in [0.2, 0.25) is 0 Å². The van der Waals surface area contributed by atoms with Crippen LogP contribution in [0.3, 0.4) is 0 Å². The Bertz CT molecular complexity index is 467. The molecule has 3 nitrogen and oxygen atoms in total. The third kappa shape index (κ3) is 1.98. The normalized spacial score (nSPS) is 26.1. The van der Waals surface area contributed by atoms with Crippen LogP contribution in [0, 0.1) is 0 Å². The monoisotopic (exact) mass is 244 g/mol. The van der Waals surface area contributed by atoms with Crippen LogP contribution in [0.5, 0.6) is 0 Å². The minimum Gasteiger partial charge on any atom is -0.382 e. The molecule has 0 radical (unpaired) electrons. The van der Waals surface area contributed by atoms with Gasteiger partial charge < -0.3 is 10.2 Å². The van der Waals surface area contributed by atoms with Crippen molar-refractivity contribution in [1.29, 1.82) is 0 Å². The molecule has 3 heteroatoms. The maximum absolute atomic E-state index is 11.9. The largest absolute Gasteiger partial charge is 0.382 e. The van der Waals surface area contributed by atoms with Crippen LogP contribution in [0.1, 0.15) is 44.7 Å². The van der Waals surface area contributed by atoms with Crippen molar-refractivity contribution in [2.24, 2.45) is 0 Å². The van der Waals surface area contributed by atoms with Gasteiger partial charge in [-0.2, -0.15) is 0 Å². The van der Waals surface area contributed by atoms with Crippen LogP contribution in [0.25, 0.3) is 0 Å². The van der Waals surface area contributed by atoms with E-state index in [1.54, 1.807) is 6.92 Å². The zero-order valence-electron chi connectivity index (χ0n) is 11.0. The van der Waals surface area contributed by atoms with Gasteiger partial charge in [-0.1, -0.05) is 18.2 Å². The predicted octanol–water partition coefficient (Wildman–Crippen LogP) is 2.94. The first-order valence-corrected chi connectivity index (χ1v) is 6.81. The van der Waals surface area contributed by atoms with Crippen molar-refractivity contribution >= 4 is 11.6 Å². The predicted molar refractivity (Wildman–Crippen MR) is 72.4 cm³/mol. The average molecular weight is 244 g/mol. The van der Waals surface area contributed by atoms with Crippen molar-refractivity contribution in [3.8, 4) is 0 Å². The summed E-state index contributed by atoms with van der Waals surface area (Å²) in [6.45, 7) is 3.89. The fourth-order valence-electron chi connectivity index (χ4n) is 3.05. The molecule has 1 aliphatic carbocycles. The number of fused-ring (bicyclic) bond motifs is 1. The molecule has 1 fully saturated rings. The van der Waals surface area contributed by atoms with Gasteiger partial charge in [0.05, 0.1) is 6.04 Å². The fourth-order valence-corrected chi connectivity index (χ4v) is 3.05. The molecule has 96 valence electrons. The molecule has 1 N–H and O–H groups in total. The highest BCUT2D eigenvalue weighted by Gasteiger charge is 2.39. The van der Waals surface area contributed by atoms with Gasteiger partial charge in [-0.15, -0.1) is 0 Å². The second-order valence-corrected chi connectivity index (χ2v) is 5.54. The molecule has 1 heterocycles. The molecule has 1 aliphatic heterocycles. The Hall–Kier alpha value is -1.51. The van der Waals surface area contributed by atoms with E-state index in [1.807, 2.05) is 0 Å². The molecular weight excluding hydrogens is 224 g/mol. The molecule has 0 aromatic heterocycles. The van der Waals surface area contributed by atoms with E-state index < -0.39 is 0 Å². The summed E-state index contributed by atoms with van der Waals surface area (Å²) in [6.07, 6.45) is 3.34. The van der Waals surface area contributed by atoms with Gasteiger partial charge in [-0.05, 0) is 37.8 Å². The highest BCUT2D eigenvalue weighted by Crippen LogP contribution is 2.41. The minimum atomic E-state index is 0.214. The highest BCUT2D eigenvalue weighted by atomic mass is 16.2. The van der Waals surface area contributed by atoms with Crippen LogP contribution in [0.4, 0.5) is 5.69 Å². The molecule has 0 unspecified atom stereocenters. The smallest absolute Gasteiger partial charge is 0.220 e. The molecule has 0 saturated heterocycles. The molecule has 0 spiro atoms. The lowest BCUT2D eigenvalue weighted by Crippen LogP contribution is -2.40. The Balaban J connectivity index is 1.98. The number of nitrogens with zero attached hydrogens (tertiary/aromatic N) is 1. The summed E-state index contributed by atoms with van der Waals surface area (Å²) in [5.74, 6) is 0.214. The van der Waals surface area contributed by atoms with Crippen LogP contribution in [-0.2, 0) is 4.79 Å². The Kier molecular flexibility index (Phi) is 2.77. The van der Waals surface area contributed by atoms with Crippen molar-refractivity contribution in [2.75, 3.05) is 5.32 Å². The molecule has 1 aromatic carbocycles. The van der Waals surface area contributed by atoms with Crippen LogP contribution >= 0.6 is 0 Å². The van der Waals surface area contributed by atoms with Crippen LogP contribution in [-0.4, -0.2) is 22.9 Å². The summed E-state index contributed by atoms with van der Waals surface area (Å²) < 4.78 is 0. The number of rotatable bonds is 2. The summed E-state index contributed by atoms with van der Waals surface area (Å²) in [6, 6.07) is 9.53. The van der Waals surface area contributed by atoms with Gasteiger partial charge in [-0.25, -0.2) is 0 Å². The second-order valence-electron chi connectivity index (χ2n) is 5.54. The van der Waals surface area contributed by atoms with Crippen molar-refractivity contribution in [1.82, 2.24) is 4.90 Å². The zero-order chi connectivity index (χ0) is 12.7. The standard InChI is InChI=1S/C15H20N2O/c1-10-9-15(17(11(2)18)12-7-8-12)13-5-3-4-6-14(13)16-10/h3-6,10,12,15-16H,7-9H2,1-2H3/t10-,15+/m0/s1. The number of carbonyl (C=O) groups is 1. The van der Waals surface area contributed by atoms with E-state index in [-0.39, 0.29) is 11.9 Å². The van der Waals surface area contributed by atoms with Gasteiger partial charge >= 0.3 is 0 Å². The van der Waals surface area contributed by atoms with E-state index in [4.69, 9.17) is 0 Å². The van der Waals surface area contributed by atoms with E-state index >= 15 is 0 Å². The zero-order valence-corrected chi connectivity index (χ0v) is 11.0. The molecule has 0 bridgehead atoms. The summed E-state index contributed by atoms with van der Waals surface area (Å²) in [7, 11) is 0. The summed E-state index contributed by atoms with van der Waals surface area (Å²) >= 11 is 0. The molecular formula is C15H20N2O. The van der Waals surface area contributed by atoms with Gasteiger partial charge in [0, 0.05) is 24.7 Å². The first-order valence-electron chi connectivity index (χ1n) is 6.81. The van der Waals surface area contributed by atoms with Gasteiger partial charge in [0.2, 0.25) is 5.91 Å². The molecule has 3 rings (SSSR count). The quantitative estimate of drug-likeness (QED) is 0.867. The Morgan fingerprint density at radius 1 is 1.33 bits per heavy atom. The lowest BCUT2D eigenvalue weighted by molar-refractivity contribution is -0.132. The number of amides is 1. The van der Waals surface area contributed by atoms with E-state index in [9.17, 15) is 4.79 Å². The Morgan fingerprint density at radius 3 is 2.72 bits per heavy atom. The topological polar surface area (TPSA) is 32.3 Å². The van der Waals surface area contributed by atoms with Crippen molar-refractivity contribution in [3.63, 3.8) is 0 Å². The third-order valence-corrected chi connectivity index (χ3v) is 3.94. The third-order valence-electron chi connectivity index (χ3n) is 3.94. The minimum absolute atomic E-state index is 0.214. The van der Waals surface area contributed by atoms with E-state index in [1.165, 1.54) is 24.1 Å². The Labute approximate surface area is 108 Å². The SMILES string of the molecule is CC(=O)N(C1CC1)[C@@H]1C[C@H](C)Nc2ccccc21. The van der Waals surface area contributed by atoms with E-state index in [0.717, 1.165) is 6.42 Å². The maximum atomic E-state index is 11.9. The first-order chi connectivity index (χ1) is 8.66. The van der Waals surface area contributed by atoms with Crippen LogP contribution in [0.15, 0.2) is 24.3 Å². The number of anilines is 1. The van der Waals surface area contributed by atoms with Gasteiger partial charge in [0.1, 0.15) is 0 Å². The molecule has 18 heavy (non-hydrogen) atoms. The van der Waals surface area contributed by atoms with Crippen molar-refractivity contribution < 1.29 is 4.79 Å². The molecule has 2 atom stereocenters. The lowest BCUT2D eigenvalue weighted by Gasteiger charge is -2.38. The molecule has 1 aromatic rings. The van der Waals surface area contributed by atoms with Crippen molar-refractivity contribution in [2.45, 2.75) is 51.2 Å². The summed E-state index contributed by atoms with van der Waals surface area (Å²) in [5, 5.41) is 3.50. The van der Waals surface area contributed by atoms with E-state index in [0.29, 0.717) is 12.1 Å². The summed E-state index contributed by atoms with van der Waals surface area (Å²) in [5.41, 5.74) is 2.46.